The Balaban J connectivity index is 4.03. The molecule has 0 fully saturated rings. The van der Waals surface area contributed by atoms with Crippen molar-refractivity contribution < 1.29 is 19.4 Å². The average Bonchev–Trinajstić information content (AvgIpc) is 2.22. The van der Waals surface area contributed by atoms with Crippen molar-refractivity contribution in [1.82, 2.24) is 10.6 Å². The lowest BCUT2D eigenvalue weighted by atomic mass is 10.1. The Hall–Kier alpha value is -1.30. The highest BCUT2D eigenvalue weighted by Crippen LogP contribution is 2.01. The van der Waals surface area contributed by atoms with E-state index in [1.54, 1.807) is 21.0 Å². The second kappa shape index (κ2) is 7.89. The maximum absolute atomic E-state index is 11.4. The maximum atomic E-state index is 11.4. The second-order valence-corrected chi connectivity index (χ2v) is 4.47. The molecule has 100 valence electrons. The number of methoxy groups -OCH3 is 1. The van der Waals surface area contributed by atoms with Crippen molar-refractivity contribution in [2.75, 3.05) is 20.3 Å². The quantitative estimate of drug-likeness (QED) is 0.616. The van der Waals surface area contributed by atoms with Crippen molar-refractivity contribution in [1.29, 1.82) is 0 Å². The van der Waals surface area contributed by atoms with Gasteiger partial charge in [0.15, 0.2) is 0 Å². The van der Waals surface area contributed by atoms with Crippen LogP contribution in [0.15, 0.2) is 0 Å². The Morgan fingerprint density at radius 3 is 2.29 bits per heavy atom. The lowest BCUT2D eigenvalue weighted by Crippen LogP contribution is -2.49. The zero-order chi connectivity index (χ0) is 13.4. The summed E-state index contributed by atoms with van der Waals surface area (Å²) in [5, 5.41) is 13.9. The van der Waals surface area contributed by atoms with Crippen molar-refractivity contribution in [3.63, 3.8) is 0 Å². The van der Waals surface area contributed by atoms with Gasteiger partial charge < -0.3 is 20.5 Å². The van der Waals surface area contributed by atoms with Crippen LogP contribution in [0.1, 0.15) is 20.8 Å². The highest BCUT2D eigenvalue weighted by Gasteiger charge is 2.23. The van der Waals surface area contributed by atoms with E-state index < -0.39 is 18.0 Å². The SMILES string of the molecule is COCC(C)CNC(=O)NC(C(=O)O)C(C)C. The molecule has 0 saturated heterocycles. The molecule has 2 amide bonds. The van der Waals surface area contributed by atoms with E-state index in [4.69, 9.17) is 9.84 Å². The van der Waals surface area contributed by atoms with E-state index in [0.29, 0.717) is 13.2 Å². The molecular weight excluding hydrogens is 224 g/mol. The lowest BCUT2D eigenvalue weighted by molar-refractivity contribution is -0.140. The van der Waals surface area contributed by atoms with Gasteiger partial charge in [-0.25, -0.2) is 9.59 Å². The summed E-state index contributed by atoms with van der Waals surface area (Å²) in [4.78, 5) is 22.3. The molecule has 0 aromatic heterocycles. The molecular formula is C11H22N2O4. The predicted octanol–water partition coefficient (Wildman–Crippen LogP) is 0.677. The first kappa shape index (κ1) is 15.7. The van der Waals surface area contributed by atoms with Crippen LogP contribution in [0.3, 0.4) is 0 Å². The Morgan fingerprint density at radius 1 is 1.29 bits per heavy atom. The number of hydrogen-bond donors (Lipinski definition) is 3. The molecule has 0 aromatic rings. The first-order valence-corrected chi connectivity index (χ1v) is 5.64. The summed E-state index contributed by atoms with van der Waals surface area (Å²) >= 11 is 0. The maximum Gasteiger partial charge on any atom is 0.326 e. The van der Waals surface area contributed by atoms with Gasteiger partial charge in [-0.2, -0.15) is 0 Å². The van der Waals surface area contributed by atoms with E-state index in [2.05, 4.69) is 10.6 Å². The molecule has 0 heterocycles. The van der Waals surface area contributed by atoms with Gasteiger partial charge in [0.1, 0.15) is 6.04 Å². The van der Waals surface area contributed by atoms with Crippen LogP contribution < -0.4 is 10.6 Å². The van der Waals surface area contributed by atoms with Crippen molar-refractivity contribution >= 4 is 12.0 Å². The van der Waals surface area contributed by atoms with Gasteiger partial charge in [-0.15, -0.1) is 0 Å². The van der Waals surface area contributed by atoms with Crippen LogP contribution in [-0.2, 0) is 9.53 Å². The number of carboxylic acid groups (broad SMARTS) is 1. The zero-order valence-corrected chi connectivity index (χ0v) is 10.8. The highest BCUT2D eigenvalue weighted by atomic mass is 16.5. The molecule has 0 radical (unpaired) electrons. The monoisotopic (exact) mass is 246 g/mol. The summed E-state index contributed by atoms with van der Waals surface area (Å²) in [6, 6.07) is -1.33. The van der Waals surface area contributed by atoms with E-state index in [-0.39, 0.29) is 11.8 Å². The van der Waals surface area contributed by atoms with Gasteiger partial charge in [0.2, 0.25) is 0 Å². The molecule has 0 aliphatic carbocycles. The Morgan fingerprint density at radius 2 is 1.88 bits per heavy atom. The number of urea groups is 1. The number of carboxylic acids is 1. The lowest BCUT2D eigenvalue weighted by Gasteiger charge is -2.19. The number of ether oxygens (including phenoxy) is 1. The number of aliphatic carboxylic acids is 1. The topological polar surface area (TPSA) is 87.7 Å². The minimum Gasteiger partial charge on any atom is -0.480 e. The summed E-state index contributed by atoms with van der Waals surface area (Å²) in [6.07, 6.45) is 0. The predicted molar refractivity (Wildman–Crippen MR) is 63.8 cm³/mol. The molecule has 3 N–H and O–H groups in total. The smallest absolute Gasteiger partial charge is 0.326 e. The largest absolute Gasteiger partial charge is 0.480 e. The van der Waals surface area contributed by atoms with Crippen LogP contribution in [-0.4, -0.2) is 43.4 Å². The minimum absolute atomic E-state index is 0.158. The van der Waals surface area contributed by atoms with Gasteiger partial charge in [-0.3, -0.25) is 0 Å². The first-order chi connectivity index (χ1) is 7.88. The van der Waals surface area contributed by atoms with Gasteiger partial charge in [0.25, 0.3) is 0 Å². The van der Waals surface area contributed by atoms with Crippen molar-refractivity contribution in [3.8, 4) is 0 Å². The van der Waals surface area contributed by atoms with Crippen LogP contribution >= 0.6 is 0 Å². The zero-order valence-electron chi connectivity index (χ0n) is 10.8. The molecule has 0 bridgehead atoms. The molecule has 0 rings (SSSR count). The summed E-state index contributed by atoms with van der Waals surface area (Å²) in [6.45, 7) is 6.41. The Labute approximate surface area is 102 Å². The number of amides is 2. The third-order valence-corrected chi connectivity index (χ3v) is 2.28. The molecule has 17 heavy (non-hydrogen) atoms. The molecule has 0 spiro atoms. The van der Waals surface area contributed by atoms with Crippen molar-refractivity contribution in [2.45, 2.75) is 26.8 Å². The number of nitrogens with one attached hydrogen (secondary N) is 2. The molecule has 0 aliphatic heterocycles. The van der Waals surface area contributed by atoms with E-state index >= 15 is 0 Å². The van der Waals surface area contributed by atoms with Crippen LogP contribution in [0.5, 0.6) is 0 Å². The van der Waals surface area contributed by atoms with Crippen molar-refractivity contribution in [2.24, 2.45) is 11.8 Å². The van der Waals surface area contributed by atoms with Gasteiger partial charge in [0.05, 0.1) is 6.61 Å². The fourth-order valence-corrected chi connectivity index (χ4v) is 1.32. The Kier molecular flexibility index (Phi) is 7.29. The van der Waals surface area contributed by atoms with E-state index in [9.17, 15) is 9.59 Å². The van der Waals surface area contributed by atoms with E-state index in [1.807, 2.05) is 6.92 Å². The fourth-order valence-electron chi connectivity index (χ4n) is 1.32. The number of carbonyl (C=O) groups excluding carboxylic acids is 1. The Bertz CT molecular complexity index is 256. The van der Waals surface area contributed by atoms with Crippen LogP contribution in [0.4, 0.5) is 4.79 Å². The molecule has 6 heteroatoms. The van der Waals surface area contributed by atoms with Crippen LogP contribution in [0.25, 0.3) is 0 Å². The summed E-state index contributed by atoms with van der Waals surface area (Å²) in [7, 11) is 1.59. The normalized spacial score (nSPS) is 14.2. The third-order valence-electron chi connectivity index (χ3n) is 2.28. The first-order valence-electron chi connectivity index (χ1n) is 5.64. The number of hydrogen-bond acceptors (Lipinski definition) is 3. The minimum atomic E-state index is -1.03. The standard InChI is InChI=1S/C11H22N2O4/c1-7(2)9(10(14)15)13-11(16)12-5-8(3)6-17-4/h7-9H,5-6H2,1-4H3,(H,14,15)(H2,12,13,16). The summed E-state index contributed by atoms with van der Waals surface area (Å²) < 4.78 is 4.93. The molecule has 0 aromatic carbocycles. The molecule has 0 aliphatic rings. The average molecular weight is 246 g/mol. The molecule has 2 atom stereocenters. The molecule has 0 saturated carbocycles. The van der Waals surface area contributed by atoms with Crippen LogP contribution in [0.2, 0.25) is 0 Å². The van der Waals surface area contributed by atoms with E-state index in [1.165, 1.54) is 0 Å². The summed E-state index contributed by atoms with van der Waals surface area (Å²) in [5.74, 6) is -0.997. The van der Waals surface area contributed by atoms with Crippen LogP contribution in [0, 0.1) is 11.8 Å². The van der Waals surface area contributed by atoms with E-state index in [0.717, 1.165) is 0 Å². The van der Waals surface area contributed by atoms with Gasteiger partial charge in [-0.05, 0) is 11.8 Å². The van der Waals surface area contributed by atoms with Gasteiger partial charge in [-0.1, -0.05) is 20.8 Å². The highest BCUT2D eigenvalue weighted by molar-refractivity contribution is 5.82. The van der Waals surface area contributed by atoms with Gasteiger partial charge >= 0.3 is 12.0 Å². The fraction of sp³-hybridized carbons (Fsp3) is 0.818. The van der Waals surface area contributed by atoms with Gasteiger partial charge in [0, 0.05) is 13.7 Å². The summed E-state index contributed by atoms with van der Waals surface area (Å²) in [5.41, 5.74) is 0. The third kappa shape index (κ3) is 6.78. The van der Waals surface area contributed by atoms with Crippen molar-refractivity contribution in [3.05, 3.63) is 0 Å². The number of carbonyl (C=O) groups is 2. The molecule has 6 nitrogen and oxygen atoms in total. The second-order valence-electron chi connectivity index (χ2n) is 4.47. The molecule has 2 unspecified atom stereocenters. The number of rotatable bonds is 7.